The summed E-state index contributed by atoms with van der Waals surface area (Å²) < 4.78 is 6.33. The van der Waals surface area contributed by atoms with Crippen molar-refractivity contribution in [2.24, 2.45) is 0 Å². The van der Waals surface area contributed by atoms with Gasteiger partial charge in [0.05, 0.1) is 0 Å². The number of anilines is 2. The van der Waals surface area contributed by atoms with Crippen LogP contribution in [0.15, 0.2) is 53.0 Å². The molecule has 0 radical (unpaired) electrons. The molecule has 0 aromatic heterocycles. The number of hydrogen-bond acceptors (Lipinski definition) is 3. The molecular weight excluding hydrogens is 368 g/mol. The summed E-state index contributed by atoms with van der Waals surface area (Å²) in [7, 11) is 0. The zero-order chi connectivity index (χ0) is 17.7. The molecule has 0 saturated heterocycles. The Morgan fingerprint density at radius 1 is 1.08 bits per heavy atom. The van der Waals surface area contributed by atoms with Crippen LogP contribution in [0.1, 0.15) is 39.3 Å². The van der Waals surface area contributed by atoms with Gasteiger partial charge in [0.15, 0.2) is 0 Å². The molecule has 4 nitrogen and oxygen atoms in total. The smallest absolute Gasteiger partial charge is 0.412 e. The molecule has 2 aromatic rings. The first-order valence-electron chi connectivity index (χ1n) is 7.85. The number of ether oxygens (including phenoxy) is 1. The van der Waals surface area contributed by atoms with Gasteiger partial charge < -0.3 is 10.1 Å². The van der Waals surface area contributed by atoms with E-state index in [1.807, 2.05) is 63.2 Å². The third-order valence-electron chi connectivity index (χ3n) is 3.26. The predicted molar refractivity (Wildman–Crippen MR) is 102 cm³/mol. The number of carbonyl (C=O) groups is 1. The summed E-state index contributed by atoms with van der Waals surface area (Å²) in [6, 6.07) is 15.8. The predicted octanol–water partition coefficient (Wildman–Crippen LogP) is 5.97. The quantitative estimate of drug-likeness (QED) is 0.675. The number of carbonyl (C=O) groups excluding carboxylic acids is 1. The van der Waals surface area contributed by atoms with Crippen LogP contribution in [-0.2, 0) is 4.74 Å². The molecule has 0 aliphatic rings. The fourth-order valence-corrected chi connectivity index (χ4v) is 2.89. The first-order valence-corrected chi connectivity index (χ1v) is 8.65. The highest BCUT2D eigenvalue weighted by Gasteiger charge is 2.16. The van der Waals surface area contributed by atoms with Crippen molar-refractivity contribution >= 4 is 33.4 Å². The first-order chi connectivity index (χ1) is 11.2. The van der Waals surface area contributed by atoms with Crippen LogP contribution in [0.4, 0.5) is 16.2 Å². The summed E-state index contributed by atoms with van der Waals surface area (Å²) in [6.07, 6.45) is -0.460. The van der Waals surface area contributed by atoms with Crippen LogP contribution in [-0.4, -0.2) is 11.7 Å². The van der Waals surface area contributed by atoms with Crippen LogP contribution in [0.2, 0.25) is 0 Å². The normalized spacial score (nSPS) is 12.4. The highest BCUT2D eigenvalue weighted by atomic mass is 79.9. The van der Waals surface area contributed by atoms with Crippen LogP contribution >= 0.6 is 15.9 Å². The van der Waals surface area contributed by atoms with Gasteiger partial charge in [-0.3, -0.25) is 5.32 Å². The van der Waals surface area contributed by atoms with E-state index >= 15 is 0 Å². The summed E-state index contributed by atoms with van der Waals surface area (Å²) >= 11 is 3.57. The van der Waals surface area contributed by atoms with Crippen molar-refractivity contribution in [1.82, 2.24) is 0 Å². The SMILES string of the molecule is CC(Nc1cccc(NC(=O)OC(C)(C)C)c1)c1ccccc1Br. The topological polar surface area (TPSA) is 50.4 Å². The third-order valence-corrected chi connectivity index (χ3v) is 3.98. The number of nitrogens with one attached hydrogen (secondary N) is 2. The standard InChI is InChI=1S/C19H23BrN2O2/c1-13(16-10-5-6-11-17(16)20)21-14-8-7-9-15(12-14)22-18(23)24-19(2,3)4/h5-13,21H,1-4H3,(H,22,23). The summed E-state index contributed by atoms with van der Waals surface area (Å²) in [5, 5.41) is 6.19. The van der Waals surface area contributed by atoms with E-state index in [-0.39, 0.29) is 6.04 Å². The molecule has 2 N–H and O–H groups in total. The Kier molecular flexibility index (Phi) is 5.89. The van der Waals surface area contributed by atoms with Crippen LogP contribution in [0.3, 0.4) is 0 Å². The molecule has 24 heavy (non-hydrogen) atoms. The second-order valence-electron chi connectivity index (χ2n) is 6.60. The minimum absolute atomic E-state index is 0.123. The van der Waals surface area contributed by atoms with Crippen molar-refractivity contribution < 1.29 is 9.53 Å². The summed E-state index contributed by atoms with van der Waals surface area (Å²) in [6.45, 7) is 7.60. The lowest BCUT2D eigenvalue weighted by Gasteiger charge is -2.20. The van der Waals surface area contributed by atoms with Crippen LogP contribution in [0, 0.1) is 0 Å². The maximum atomic E-state index is 11.9. The molecule has 2 rings (SSSR count). The molecule has 128 valence electrons. The van der Waals surface area contributed by atoms with Crippen molar-refractivity contribution in [2.75, 3.05) is 10.6 Å². The van der Waals surface area contributed by atoms with Gasteiger partial charge in [-0.25, -0.2) is 4.79 Å². The molecule has 1 amide bonds. The monoisotopic (exact) mass is 390 g/mol. The van der Waals surface area contributed by atoms with Gasteiger partial charge in [0.1, 0.15) is 5.60 Å². The Morgan fingerprint density at radius 3 is 2.42 bits per heavy atom. The van der Waals surface area contributed by atoms with E-state index < -0.39 is 11.7 Å². The molecule has 0 aliphatic heterocycles. The molecule has 0 fully saturated rings. The van der Waals surface area contributed by atoms with Gasteiger partial charge in [-0.1, -0.05) is 40.2 Å². The lowest BCUT2D eigenvalue weighted by molar-refractivity contribution is 0.0636. The summed E-state index contributed by atoms with van der Waals surface area (Å²) in [4.78, 5) is 11.9. The number of benzene rings is 2. The lowest BCUT2D eigenvalue weighted by Crippen LogP contribution is -2.27. The average molecular weight is 391 g/mol. The fraction of sp³-hybridized carbons (Fsp3) is 0.316. The van der Waals surface area contributed by atoms with Crippen molar-refractivity contribution in [3.05, 3.63) is 58.6 Å². The Balaban J connectivity index is 2.05. The van der Waals surface area contributed by atoms with Gasteiger partial charge in [-0.15, -0.1) is 0 Å². The van der Waals surface area contributed by atoms with Crippen molar-refractivity contribution in [1.29, 1.82) is 0 Å². The third kappa shape index (κ3) is 5.57. The Morgan fingerprint density at radius 2 is 1.75 bits per heavy atom. The minimum Gasteiger partial charge on any atom is -0.444 e. The van der Waals surface area contributed by atoms with Gasteiger partial charge in [0.25, 0.3) is 0 Å². The second kappa shape index (κ2) is 7.71. The molecule has 5 heteroatoms. The van der Waals surface area contributed by atoms with E-state index in [0.29, 0.717) is 5.69 Å². The average Bonchev–Trinajstić information content (AvgIpc) is 2.45. The van der Waals surface area contributed by atoms with Crippen LogP contribution in [0.25, 0.3) is 0 Å². The van der Waals surface area contributed by atoms with Gasteiger partial charge in [-0.2, -0.15) is 0 Å². The van der Waals surface area contributed by atoms with Crippen LogP contribution in [0.5, 0.6) is 0 Å². The molecule has 0 heterocycles. The van der Waals surface area contributed by atoms with Gasteiger partial charge in [-0.05, 0) is 57.5 Å². The first kappa shape index (κ1) is 18.3. The molecular formula is C19H23BrN2O2. The largest absolute Gasteiger partial charge is 0.444 e. The number of halogens is 1. The maximum absolute atomic E-state index is 11.9. The number of hydrogen-bond donors (Lipinski definition) is 2. The zero-order valence-corrected chi connectivity index (χ0v) is 16.0. The number of amides is 1. The lowest BCUT2D eigenvalue weighted by atomic mass is 10.1. The summed E-state index contributed by atoms with van der Waals surface area (Å²) in [5.74, 6) is 0. The fourth-order valence-electron chi connectivity index (χ4n) is 2.26. The highest BCUT2D eigenvalue weighted by molar-refractivity contribution is 9.10. The Bertz CT molecular complexity index is 711. The summed E-state index contributed by atoms with van der Waals surface area (Å²) in [5.41, 5.74) is 2.26. The van der Waals surface area contributed by atoms with Gasteiger partial charge in [0, 0.05) is 21.9 Å². The van der Waals surface area contributed by atoms with E-state index in [9.17, 15) is 4.79 Å². The van der Waals surface area contributed by atoms with Crippen LogP contribution < -0.4 is 10.6 Å². The molecule has 0 saturated carbocycles. The van der Waals surface area contributed by atoms with E-state index in [1.54, 1.807) is 0 Å². The number of rotatable bonds is 4. The molecule has 0 spiro atoms. The second-order valence-corrected chi connectivity index (χ2v) is 7.45. The van der Waals surface area contributed by atoms with E-state index in [4.69, 9.17) is 4.74 Å². The molecule has 2 aromatic carbocycles. The van der Waals surface area contributed by atoms with Gasteiger partial charge in [0.2, 0.25) is 0 Å². The Labute approximate surface area is 151 Å². The van der Waals surface area contributed by atoms with Crippen molar-refractivity contribution in [3.63, 3.8) is 0 Å². The van der Waals surface area contributed by atoms with Crippen molar-refractivity contribution in [2.45, 2.75) is 39.3 Å². The molecule has 1 unspecified atom stereocenters. The zero-order valence-electron chi connectivity index (χ0n) is 14.4. The minimum atomic E-state index is -0.520. The van der Waals surface area contributed by atoms with Gasteiger partial charge >= 0.3 is 6.09 Å². The van der Waals surface area contributed by atoms with E-state index in [2.05, 4.69) is 39.6 Å². The van der Waals surface area contributed by atoms with E-state index in [0.717, 1.165) is 10.2 Å². The van der Waals surface area contributed by atoms with Crippen molar-refractivity contribution in [3.8, 4) is 0 Å². The highest BCUT2D eigenvalue weighted by Crippen LogP contribution is 2.27. The molecule has 0 bridgehead atoms. The molecule has 0 aliphatic carbocycles. The molecule has 1 atom stereocenters. The maximum Gasteiger partial charge on any atom is 0.412 e. The van der Waals surface area contributed by atoms with E-state index in [1.165, 1.54) is 5.56 Å². The Hall–Kier alpha value is -2.01.